The minimum atomic E-state index is -0.110. The Hall–Kier alpha value is -2.18. The third-order valence-electron chi connectivity index (χ3n) is 5.13. The van der Waals surface area contributed by atoms with Gasteiger partial charge in [-0.15, -0.1) is 0 Å². The standard InChI is InChI=1S/C20H26N4O2/c1-23(2)13-18-19(15-6-4-3-5-7-15)24(10-11-26-18)20(25)17-12-16(21-22-17)14-8-9-14/h3-7,12,14,18-19H,8-11,13H2,1-2H3,(H,21,22)/t18-,19-/m0/s1. The fourth-order valence-electron chi connectivity index (χ4n) is 3.72. The van der Waals surface area contributed by atoms with Crippen molar-refractivity contribution in [3.05, 3.63) is 53.3 Å². The second-order valence-corrected chi connectivity index (χ2v) is 7.51. The van der Waals surface area contributed by atoms with Gasteiger partial charge < -0.3 is 14.5 Å². The molecular formula is C20H26N4O2. The highest BCUT2D eigenvalue weighted by Crippen LogP contribution is 2.39. The molecule has 2 aromatic rings. The summed E-state index contributed by atoms with van der Waals surface area (Å²) in [7, 11) is 4.06. The number of ether oxygens (including phenoxy) is 1. The molecule has 1 saturated heterocycles. The molecular weight excluding hydrogens is 328 g/mol. The SMILES string of the molecule is CN(C)C[C@@H]1OCCN(C(=O)c2cc(C3CC3)[nH]n2)[C@H]1c1ccccc1. The van der Waals surface area contributed by atoms with E-state index in [1.807, 2.05) is 43.3 Å². The number of H-pyrrole nitrogens is 1. The number of morpholine rings is 1. The van der Waals surface area contributed by atoms with Gasteiger partial charge in [0.1, 0.15) is 5.69 Å². The number of aromatic amines is 1. The van der Waals surface area contributed by atoms with Gasteiger partial charge in [-0.25, -0.2) is 0 Å². The molecule has 4 rings (SSSR count). The van der Waals surface area contributed by atoms with Crippen LogP contribution >= 0.6 is 0 Å². The zero-order valence-electron chi connectivity index (χ0n) is 15.4. The average molecular weight is 354 g/mol. The van der Waals surface area contributed by atoms with Gasteiger partial charge in [-0.1, -0.05) is 30.3 Å². The molecule has 6 heteroatoms. The second-order valence-electron chi connectivity index (χ2n) is 7.51. The van der Waals surface area contributed by atoms with Gasteiger partial charge in [0.25, 0.3) is 5.91 Å². The normalized spacial score (nSPS) is 23.4. The quantitative estimate of drug-likeness (QED) is 0.896. The van der Waals surface area contributed by atoms with Crippen LogP contribution in [0.4, 0.5) is 0 Å². The summed E-state index contributed by atoms with van der Waals surface area (Å²) < 4.78 is 6.06. The molecule has 1 N–H and O–H groups in total. The lowest BCUT2D eigenvalue weighted by molar-refractivity contribution is -0.0686. The predicted molar refractivity (Wildman–Crippen MR) is 99.1 cm³/mol. The number of likely N-dealkylation sites (N-methyl/N-ethyl adjacent to an activating group) is 1. The largest absolute Gasteiger partial charge is 0.373 e. The minimum absolute atomic E-state index is 0.0194. The lowest BCUT2D eigenvalue weighted by atomic mass is 9.97. The predicted octanol–water partition coefficient (Wildman–Crippen LogP) is 2.43. The molecule has 2 aliphatic rings. The van der Waals surface area contributed by atoms with E-state index in [1.165, 1.54) is 12.8 Å². The number of nitrogens with zero attached hydrogens (tertiary/aromatic N) is 3. The van der Waals surface area contributed by atoms with Crippen molar-refractivity contribution in [1.29, 1.82) is 0 Å². The van der Waals surface area contributed by atoms with Crippen LogP contribution in [0.3, 0.4) is 0 Å². The third-order valence-corrected chi connectivity index (χ3v) is 5.13. The first kappa shape index (κ1) is 17.2. The smallest absolute Gasteiger partial charge is 0.275 e. The molecule has 1 aromatic carbocycles. The van der Waals surface area contributed by atoms with Gasteiger partial charge in [0.05, 0.1) is 18.8 Å². The van der Waals surface area contributed by atoms with Crippen molar-refractivity contribution in [2.24, 2.45) is 0 Å². The fraction of sp³-hybridized carbons (Fsp3) is 0.500. The number of carbonyl (C=O) groups excluding carboxylic acids is 1. The second kappa shape index (κ2) is 7.21. The number of rotatable bonds is 5. The molecule has 0 bridgehead atoms. The number of nitrogens with one attached hydrogen (secondary N) is 1. The highest BCUT2D eigenvalue weighted by Gasteiger charge is 2.38. The van der Waals surface area contributed by atoms with E-state index < -0.39 is 0 Å². The Morgan fingerprint density at radius 1 is 1.31 bits per heavy atom. The Kier molecular flexibility index (Phi) is 4.78. The summed E-state index contributed by atoms with van der Waals surface area (Å²) in [6.45, 7) is 1.89. The Morgan fingerprint density at radius 2 is 2.08 bits per heavy atom. The molecule has 1 saturated carbocycles. The molecule has 0 spiro atoms. The number of hydrogen-bond donors (Lipinski definition) is 1. The maximum atomic E-state index is 13.2. The van der Waals surface area contributed by atoms with E-state index in [4.69, 9.17) is 4.74 Å². The van der Waals surface area contributed by atoms with Gasteiger partial charge in [0, 0.05) is 24.7 Å². The number of benzene rings is 1. The molecule has 138 valence electrons. The zero-order chi connectivity index (χ0) is 18.1. The summed E-state index contributed by atoms with van der Waals surface area (Å²) in [5.41, 5.74) is 2.70. The van der Waals surface area contributed by atoms with E-state index in [0.717, 1.165) is 17.8 Å². The van der Waals surface area contributed by atoms with E-state index >= 15 is 0 Å². The van der Waals surface area contributed by atoms with Crippen molar-refractivity contribution in [2.75, 3.05) is 33.8 Å². The maximum Gasteiger partial charge on any atom is 0.275 e. The van der Waals surface area contributed by atoms with Crippen molar-refractivity contribution in [1.82, 2.24) is 20.0 Å². The molecule has 2 fully saturated rings. The lowest BCUT2D eigenvalue weighted by Crippen LogP contribution is -2.51. The highest BCUT2D eigenvalue weighted by atomic mass is 16.5. The number of hydrogen-bond acceptors (Lipinski definition) is 4. The van der Waals surface area contributed by atoms with E-state index in [0.29, 0.717) is 24.8 Å². The number of amides is 1. The van der Waals surface area contributed by atoms with E-state index in [9.17, 15) is 4.79 Å². The van der Waals surface area contributed by atoms with Crippen LogP contribution in [0.25, 0.3) is 0 Å². The van der Waals surface area contributed by atoms with Gasteiger partial charge in [-0.05, 0) is 38.6 Å². The molecule has 0 radical (unpaired) electrons. The minimum Gasteiger partial charge on any atom is -0.373 e. The number of aromatic nitrogens is 2. The summed E-state index contributed by atoms with van der Waals surface area (Å²) in [6.07, 6.45) is 2.31. The Morgan fingerprint density at radius 3 is 2.77 bits per heavy atom. The first-order valence-electron chi connectivity index (χ1n) is 9.31. The molecule has 26 heavy (non-hydrogen) atoms. The van der Waals surface area contributed by atoms with Crippen LogP contribution in [-0.2, 0) is 4.74 Å². The molecule has 1 aromatic heterocycles. The van der Waals surface area contributed by atoms with Crippen LogP contribution in [0, 0.1) is 0 Å². The molecule has 1 aliphatic heterocycles. The lowest BCUT2D eigenvalue weighted by Gasteiger charge is -2.42. The Bertz CT molecular complexity index is 754. The summed E-state index contributed by atoms with van der Waals surface area (Å²) >= 11 is 0. The molecule has 2 heterocycles. The fourth-order valence-corrected chi connectivity index (χ4v) is 3.72. The summed E-state index contributed by atoms with van der Waals surface area (Å²) in [6, 6.07) is 12.0. The maximum absolute atomic E-state index is 13.2. The third kappa shape index (κ3) is 3.52. The van der Waals surface area contributed by atoms with Gasteiger partial charge in [0.15, 0.2) is 0 Å². The molecule has 0 unspecified atom stereocenters. The van der Waals surface area contributed by atoms with Crippen LogP contribution in [-0.4, -0.2) is 65.8 Å². The monoisotopic (exact) mass is 354 g/mol. The molecule has 1 amide bonds. The van der Waals surface area contributed by atoms with E-state index in [2.05, 4.69) is 27.2 Å². The van der Waals surface area contributed by atoms with Crippen molar-refractivity contribution in [3.63, 3.8) is 0 Å². The van der Waals surface area contributed by atoms with Crippen LogP contribution in [0.1, 0.15) is 46.5 Å². The Labute approximate surface area is 154 Å². The molecule has 1 aliphatic carbocycles. The van der Waals surface area contributed by atoms with Gasteiger partial charge in [-0.3, -0.25) is 9.89 Å². The topological polar surface area (TPSA) is 61.5 Å². The summed E-state index contributed by atoms with van der Waals surface area (Å²) in [5, 5.41) is 7.35. The van der Waals surface area contributed by atoms with Crippen LogP contribution in [0.5, 0.6) is 0 Å². The Balaban J connectivity index is 1.63. The van der Waals surface area contributed by atoms with Crippen LogP contribution in [0.15, 0.2) is 36.4 Å². The molecule has 2 atom stereocenters. The summed E-state index contributed by atoms with van der Waals surface area (Å²) in [4.78, 5) is 17.3. The van der Waals surface area contributed by atoms with E-state index in [-0.39, 0.29) is 18.1 Å². The van der Waals surface area contributed by atoms with Gasteiger partial charge >= 0.3 is 0 Å². The first-order valence-corrected chi connectivity index (χ1v) is 9.31. The summed E-state index contributed by atoms with van der Waals surface area (Å²) in [5.74, 6) is 0.536. The zero-order valence-corrected chi connectivity index (χ0v) is 15.4. The van der Waals surface area contributed by atoms with Crippen molar-refractivity contribution < 1.29 is 9.53 Å². The van der Waals surface area contributed by atoms with Gasteiger partial charge in [-0.2, -0.15) is 5.10 Å². The van der Waals surface area contributed by atoms with E-state index in [1.54, 1.807) is 0 Å². The highest BCUT2D eigenvalue weighted by molar-refractivity contribution is 5.93. The van der Waals surface area contributed by atoms with Crippen molar-refractivity contribution in [3.8, 4) is 0 Å². The van der Waals surface area contributed by atoms with Crippen molar-refractivity contribution >= 4 is 5.91 Å². The number of carbonyl (C=O) groups is 1. The van der Waals surface area contributed by atoms with Crippen molar-refractivity contribution in [2.45, 2.75) is 30.9 Å². The van der Waals surface area contributed by atoms with Crippen LogP contribution < -0.4 is 0 Å². The molecule has 6 nitrogen and oxygen atoms in total. The average Bonchev–Trinajstić information content (AvgIpc) is 3.38. The van der Waals surface area contributed by atoms with Crippen LogP contribution in [0.2, 0.25) is 0 Å². The van der Waals surface area contributed by atoms with Gasteiger partial charge in [0.2, 0.25) is 0 Å². The first-order chi connectivity index (χ1) is 12.6.